The third kappa shape index (κ3) is 4.47. The zero-order valence-electron chi connectivity index (χ0n) is 21.9. The van der Waals surface area contributed by atoms with Crippen LogP contribution in [0, 0.1) is 11.8 Å². The maximum atomic E-state index is 5.68. The number of nitrogens with zero attached hydrogens (tertiary/aromatic N) is 1. The number of methoxy groups -OCH3 is 4. The molecule has 35 heavy (non-hydrogen) atoms. The quantitative estimate of drug-likeness (QED) is 0.606. The van der Waals surface area contributed by atoms with Crippen molar-refractivity contribution < 1.29 is 18.9 Å². The van der Waals surface area contributed by atoms with Gasteiger partial charge in [0.15, 0.2) is 23.0 Å². The lowest BCUT2D eigenvalue weighted by Crippen LogP contribution is -2.46. The molecule has 0 aromatic heterocycles. The monoisotopic (exact) mass is 480 g/mol. The van der Waals surface area contributed by atoms with Crippen LogP contribution in [0.1, 0.15) is 60.5 Å². The number of hydrogen-bond acceptors (Lipinski definition) is 6. The lowest BCUT2D eigenvalue weighted by Gasteiger charge is -2.48. The van der Waals surface area contributed by atoms with Gasteiger partial charge >= 0.3 is 0 Å². The molecule has 0 spiro atoms. The van der Waals surface area contributed by atoms with Gasteiger partial charge in [-0.15, -0.1) is 0 Å². The van der Waals surface area contributed by atoms with E-state index in [1.54, 1.807) is 28.4 Å². The molecule has 2 aromatic carbocycles. The Bertz CT molecular complexity index is 1050. The lowest BCUT2D eigenvalue weighted by atomic mass is 9.72. The molecular formula is C29H40N2O4. The van der Waals surface area contributed by atoms with E-state index in [0.29, 0.717) is 23.9 Å². The van der Waals surface area contributed by atoms with Gasteiger partial charge in [-0.2, -0.15) is 0 Å². The normalized spacial score (nSPS) is 25.7. The summed E-state index contributed by atoms with van der Waals surface area (Å²) in [6, 6.07) is 9.61. The van der Waals surface area contributed by atoms with E-state index in [1.807, 2.05) is 0 Å². The van der Waals surface area contributed by atoms with Gasteiger partial charge < -0.3 is 24.3 Å². The van der Waals surface area contributed by atoms with Crippen LogP contribution in [0.4, 0.5) is 0 Å². The molecule has 3 heterocycles. The van der Waals surface area contributed by atoms with Crippen molar-refractivity contribution in [1.82, 2.24) is 10.2 Å². The van der Waals surface area contributed by atoms with Crippen molar-refractivity contribution in [2.24, 2.45) is 11.8 Å². The molecule has 5 rings (SSSR count). The molecule has 2 aromatic rings. The Kier molecular flexibility index (Phi) is 7.12. The zero-order valence-corrected chi connectivity index (χ0v) is 21.9. The summed E-state index contributed by atoms with van der Waals surface area (Å²) in [7, 11) is 6.90. The van der Waals surface area contributed by atoms with Crippen molar-refractivity contribution in [3.63, 3.8) is 0 Å². The summed E-state index contributed by atoms with van der Waals surface area (Å²) in [5.74, 6) is 4.69. The fraction of sp³-hybridized carbons (Fsp3) is 0.586. The summed E-state index contributed by atoms with van der Waals surface area (Å²) in [5.41, 5.74) is 5.60. The molecule has 6 heteroatoms. The van der Waals surface area contributed by atoms with Crippen LogP contribution in [0.2, 0.25) is 0 Å². The molecule has 1 saturated heterocycles. The summed E-state index contributed by atoms with van der Waals surface area (Å²) in [6.07, 6.45) is 5.65. The molecule has 6 nitrogen and oxygen atoms in total. The summed E-state index contributed by atoms with van der Waals surface area (Å²) in [5, 5.41) is 3.83. The van der Waals surface area contributed by atoms with Gasteiger partial charge in [0.1, 0.15) is 0 Å². The van der Waals surface area contributed by atoms with Crippen molar-refractivity contribution in [3.8, 4) is 23.0 Å². The second kappa shape index (κ2) is 10.3. The molecule has 3 aliphatic rings. The van der Waals surface area contributed by atoms with Crippen LogP contribution in [0.3, 0.4) is 0 Å². The Morgan fingerprint density at radius 2 is 1.40 bits per heavy atom. The average molecular weight is 481 g/mol. The minimum atomic E-state index is 0.345. The summed E-state index contributed by atoms with van der Waals surface area (Å²) in [4.78, 5) is 2.72. The largest absolute Gasteiger partial charge is 0.493 e. The Balaban J connectivity index is 1.43. The molecule has 0 aliphatic carbocycles. The summed E-state index contributed by atoms with van der Waals surface area (Å²) >= 11 is 0. The topological polar surface area (TPSA) is 52.2 Å². The third-order valence-corrected chi connectivity index (χ3v) is 8.64. The molecular weight excluding hydrogens is 440 g/mol. The average Bonchev–Trinajstić information content (AvgIpc) is 2.91. The first-order valence-corrected chi connectivity index (χ1v) is 13.1. The van der Waals surface area contributed by atoms with Gasteiger partial charge in [0.2, 0.25) is 0 Å². The van der Waals surface area contributed by atoms with Crippen LogP contribution in [-0.2, 0) is 12.8 Å². The molecule has 3 unspecified atom stereocenters. The van der Waals surface area contributed by atoms with Crippen LogP contribution in [0.5, 0.6) is 23.0 Å². The number of nitrogens with one attached hydrogen (secondary N) is 1. The fourth-order valence-corrected chi connectivity index (χ4v) is 6.74. The van der Waals surface area contributed by atoms with Crippen LogP contribution in [0.15, 0.2) is 24.3 Å². The van der Waals surface area contributed by atoms with Gasteiger partial charge in [-0.3, -0.25) is 4.90 Å². The fourth-order valence-electron chi connectivity index (χ4n) is 6.74. The van der Waals surface area contributed by atoms with Crippen LogP contribution >= 0.6 is 0 Å². The predicted octanol–water partition coefficient (Wildman–Crippen LogP) is 4.94. The summed E-state index contributed by atoms with van der Waals surface area (Å²) < 4.78 is 22.5. The molecule has 1 fully saturated rings. The van der Waals surface area contributed by atoms with Crippen molar-refractivity contribution >= 4 is 0 Å². The first-order valence-electron chi connectivity index (χ1n) is 13.1. The Hall–Kier alpha value is -2.44. The maximum absolute atomic E-state index is 5.68. The highest BCUT2D eigenvalue weighted by molar-refractivity contribution is 5.50. The van der Waals surface area contributed by atoms with E-state index in [0.717, 1.165) is 55.4 Å². The van der Waals surface area contributed by atoms with E-state index in [9.17, 15) is 0 Å². The SMILES string of the molecule is CC[C@H]1CN2CCc3cc(OC)c(OC)cc3C2CC1CC1NCCc2cc(OC)c(OC)cc21. The van der Waals surface area contributed by atoms with E-state index in [1.165, 1.54) is 41.6 Å². The first-order chi connectivity index (χ1) is 17.1. The van der Waals surface area contributed by atoms with E-state index in [2.05, 4.69) is 41.4 Å². The van der Waals surface area contributed by atoms with E-state index >= 15 is 0 Å². The Labute approximate surface area is 209 Å². The van der Waals surface area contributed by atoms with Gasteiger partial charge in [-0.25, -0.2) is 0 Å². The van der Waals surface area contributed by atoms with Crippen LogP contribution in [0.25, 0.3) is 0 Å². The molecule has 0 amide bonds. The molecule has 0 saturated carbocycles. The highest BCUT2D eigenvalue weighted by atomic mass is 16.5. The number of piperidine rings is 1. The van der Waals surface area contributed by atoms with Crippen molar-refractivity contribution in [2.75, 3.05) is 48.1 Å². The number of rotatable bonds is 7. The molecule has 4 atom stereocenters. The zero-order chi connectivity index (χ0) is 24.5. The second-order valence-corrected chi connectivity index (χ2v) is 10.2. The molecule has 1 N–H and O–H groups in total. The molecule has 0 bridgehead atoms. The lowest BCUT2D eigenvalue weighted by molar-refractivity contribution is 0.0434. The molecule has 190 valence electrons. The van der Waals surface area contributed by atoms with Gasteiger partial charge in [-0.1, -0.05) is 13.3 Å². The van der Waals surface area contributed by atoms with Crippen molar-refractivity contribution in [1.29, 1.82) is 0 Å². The minimum Gasteiger partial charge on any atom is -0.493 e. The second-order valence-electron chi connectivity index (χ2n) is 10.2. The Morgan fingerprint density at radius 3 is 2.03 bits per heavy atom. The van der Waals surface area contributed by atoms with Gasteiger partial charge in [0.25, 0.3) is 0 Å². The van der Waals surface area contributed by atoms with Crippen molar-refractivity contribution in [3.05, 3.63) is 46.5 Å². The van der Waals surface area contributed by atoms with Gasteiger partial charge in [-0.05, 0) is 90.6 Å². The highest BCUT2D eigenvalue weighted by Crippen LogP contribution is 2.48. The maximum Gasteiger partial charge on any atom is 0.161 e. The van der Waals surface area contributed by atoms with E-state index in [-0.39, 0.29) is 0 Å². The number of hydrogen-bond donors (Lipinski definition) is 1. The standard InChI is InChI=1S/C29H40N2O4/c1-6-18-17-31-10-8-20-14-27(33-3)29(35-5)16-23(20)25(31)12-21(18)11-24-22-15-28(34-4)26(32-2)13-19(22)7-9-30-24/h13-16,18,21,24-25,30H,6-12,17H2,1-5H3/t18-,21?,24?,25?/m0/s1. The van der Waals surface area contributed by atoms with Crippen LogP contribution in [-0.4, -0.2) is 53.0 Å². The third-order valence-electron chi connectivity index (χ3n) is 8.64. The van der Waals surface area contributed by atoms with Crippen molar-refractivity contribution in [2.45, 2.75) is 51.1 Å². The highest BCUT2D eigenvalue weighted by Gasteiger charge is 2.40. The predicted molar refractivity (Wildman–Crippen MR) is 138 cm³/mol. The summed E-state index contributed by atoms with van der Waals surface area (Å²) in [6.45, 7) is 5.66. The molecule has 3 aliphatic heterocycles. The van der Waals surface area contributed by atoms with Crippen LogP contribution < -0.4 is 24.3 Å². The van der Waals surface area contributed by atoms with E-state index in [4.69, 9.17) is 18.9 Å². The number of fused-ring (bicyclic) bond motifs is 4. The minimum absolute atomic E-state index is 0.345. The molecule has 0 radical (unpaired) electrons. The first kappa shape index (κ1) is 24.3. The Morgan fingerprint density at radius 1 is 0.800 bits per heavy atom. The smallest absolute Gasteiger partial charge is 0.161 e. The van der Waals surface area contributed by atoms with Gasteiger partial charge in [0.05, 0.1) is 28.4 Å². The van der Waals surface area contributed by atoms with Gasteiger partial charge in [0, 0.05) is 25.2 Å². The number of ether oxygens (including phenoxy) is 4. The number of benzene rings is 2. The van der Waals surface area contributed by atoms with E-state index < -0.39 is 0 Å².